The van der Waals surface area contributed by atoms with E-state index in [1.165, 1.54) is 12.1 Å². The average Bonchev–Trinajstić information content (AvgIpc) is 2.38. The van der Waals surface area contributed by atoms with Gasteiger partial charge in [-0.15, -0.1) is 0 Å². The van der Waals surface area contributed by atoms with Crippen molar-refractivity contribution in [1.29, 1.82) is 0 Å². The number of unbranched alkanes of at least 4 members (excludes halogenated alkanes) is 3. The van der Waals surface area contributed by atoms with Crippen LogP contribution in [0.5, 0.6) is 5.75 Å². The summed E-state index contributed by atoms with van der Waals surface area (Å²) in [6.07, 6.45) is 4.24. The Labute approximate surface area is 120 Å². The number of halogens is 2. The molecule has 0 heterocycles. The zero-order chi connectivity index (χ0) is 14.8. The maximum absolute atomic E-state index is 13.3. The van der Waals surface area contributed by atoms with Crippen LogP contribution in [0, 0.1) is 17.6 Å². The van der Waals surface area contributed by atoms with Crippen molar-refractivity contribution in [1.82, 2.24) is 5.32 Å². The summed E-state index contributed by atoms with van der Waals surface area (Å²) in [4.78, 5) is 0. The Balaban J connectivity index is 1.99. The SMILES string of the molecule is CC(C)CNCCCCCCOc1ccc(F)cc1F. The van der Waals surface area contributed by atoms with Gasteiger partial charge >= 0.3 is 0 Å². The molecule has 0 atom stereocenters. The molecule has 20 heavy (non-hydrogen) atoms. The summed E-state index contributed by atoms with van der Waals surface area (Å²) in [6, 6.07) is 3.38. The Bertz CT molecular complexity index is 383. The van der Waals surface area contributed by atoms with Crippen molar-refractivity contribution in [3.05, 3.63) is 29.8 Å². The van der Waals surface area contributed by atoms with E-state index in [9.17, 15) is 8.78 Å². The van der Waals surface area contributed by atoms with Gasteiger partial charge in [0.25, 0.3) is 0 Å². The van der Waals surface area contributed by atoms with Gasteiger partial charge in [0, 0.05) is 6.07 Å². The van der Waals surface area contributed by atoms with Gasteiger partial charge in [-0.2, -0.15) is 0 Å². The number of ether oxygens (including phenoxy) is 1. The third-order valence-corrected chi connectivity index (χ3v) is 2.95. The van der Waals surface area contributed by atoms with Crippen LogP contribution in [0.2, 0.25) is 0 Å². The quantitative estimate of drug-likeness (QED) is 0.652. The van der Waals surface area contributed by atoms with Gasteiger partial charge in [0.05, 0.1) is 6.61 Å². The molecule has 2 nitrogen and oxygen atoms in total. The fourth-order valence-corrected chi connectivity index (χ4v) is 1.87. The van der Waals surface area contributed by atoms with Crippen LogP contribution in [-0.4, -0.2) is 19.7 Å². The van der Waals surface area contributed by atoms with E-state index in [-0.39, 0.29) is 5.75 Å². The molecular formula is C16H25F2NO. The van der Waals surface area contributed by atoms with Crippen LogP contribution in [0.3, 0.4) is 0 Å². The monoisotopic (exact) mass is 285 g/mol. The Kier molecular flexibility index (Phi) is 8.19. The lowest BCUT2D eigenvalue weighted by molar-refractivity contribution is 0.289. The zero-order valence-electron chi connectivity index (χ0n) is 12.4. The highest BCUT2D eigenvalue weighted by Gasteiger charge is 2.04. The molecule has 0 aromatic heterocycles. The predicted octanol–water partition coefficient (Wildman–Crippen LogP) is 4.15. The van der Waals surface area contributed by atoms with Crippen LogP contribution in [0.4, 0.5) is 8.78 Å². The molecule has 0 saturated heterocycles. The van der Waals surface area contributed by atoms with E-state index in [1.807, 2.05) is 0 Å². The fraction of sp³-hybridized carbons (Fsp3) is 0.625. The number of benzene rings is 1. The topological polar surface area (TPSA) is 21.3 Å². The molecule has 1 rings (SSSR count). The maximum Gasteiger partial charge on any atom is 0.167 e. The van der Waals surface area contributed by atoms with Crippen LogP contribution >= 0.6 is 0 Å². The molecule has 0 spiro atoms. The van der Waals surface area contributed by atoms with Crippen molar-refractivity contribution in [2.75, 3.05) is 19.7 Å². The lowest BCUT2D eigenvalue weighted by atomic mass is 10.2. The second-order valence-electron chi connectivity index (χ2n) is 5.44. The van der Waals surface area contributed by atoms with E-state index in [1.54, 1.807) is 0 Å². The number of nitrogens with one attached hydrogen (secondary N) is 1. The van der Waals surface area contributed by atoms with E-state index >= 15 is 0 Å². The van der Waals surface area contributed by atoms with Gasteiger partial charge in [0.2, 0.25) is 0 Å². The van der Waals surface area contributed by atoms with Gasteiger partial charge in [0.1, 0.15) is 5.82 Å². The van der Waals surface area contributed by atoms with E-state index in [0.717, 1.165) is 44.8 Å². The van der Waals surface area contributed by atoms with Gasteiger partial charge in [-0.3, -0.25) is 0 Å². The van der Waals surface area contributed by atoms with E-state index in [0.29, 0.717) is 12.5 Å². The van der Waals surface area contributed by atoms with E-state index < -0.39 is 11.6 Å². The molecule has 0 bridgehead atoms. The van der Waals surface area contributed by atoms with E-state index in [4.69, 9.17) is 4.74 Å². The van der Waals surface area contributed by atoms with Crippen LogP contribution in [-0.2, 0) is 0 Å². The molecule has 1 N–H and O–H groups in total. The highest BCUT2D eigenvalue weighted by Crippen LogP contribution is 2.17. The first-order chi connectivity index (χ1) is 9.59. The molecule has 0 aliphatic heterocycles. The number of hydrogen-bond acceptors (Lipinski definition) is 2. The van der Waals surface area contributed by atoms with Crippen LogP contribution in [0.25, 0.3) is 0 Å². The molecule has 1 aromatic rings. The molecule has 114 valence electrons. The Morgan fingerprint density at radius 2 is 1.85 bits per heavy atom. The van der Waals surface area contributed by atoms with Gasteiger partial charge in [-0.05, 0) is 44.0 Å². The van der Waals surface area contributed by atoms with Gasteiger partial charge < -0.3 is 10.1 Å². The minimum absolute atomic E-state index is 0.130. The molecule has 1 aromatic carbocycles. The lowest BCUT2D eigenvalue weighted by Gasteiger charge is -2.08. The molecule has 0 amide bonds. The normalized spacial score (nSPS) is 11.1. The molecule has 0 saturated carbocycles. The van der Waals surface area contributed by atoms with Crippen molar-refractivity contribution in [2.45, 2.75) is 39.5 Å². The van der Waals surface area contributed by atoms with Crippen LogP contribution in [0.1, 0.15) is 39.5 Å². The summed E-state index contributed by atoms with van der Waals surface area (Å²) in [5, 5.41) is 3.40. The number of hydrogen-bond donors (Lipinski definition) is 1. The minimum Gasteiger partial charge on any atom is -0.491 e. The largest absolute Gasteiger partial charge is 0.491 e. The van der Waals surface area contributed by atoms with Gasteiger partial charge in [-0.25, -0.2) is 8.78 Å². The van der Waals surface area contributed by atoms with Crippen LogP contribution in [0.15, 0.2) is 18.2 Å². The van der Waals surface area contributed by atoms with Crippen molar-refractivity contribution in [2.24, 2.45) is 5.92 Å². The van der Waals surface area contributed by atoms with E-state index in [2.05, 4.69) is 19.2 Å². The molecule has 0 aliphatic rings. The standard InChI is InChI=1S/C16H25F2NO/c1-13(2)12-19-9-5-3-4-6-10-20-16-8-7-14(17)11-15(16)18/h7-8,11,13,19H,3-6,9-10,12H2,1-2H3. The van der Waals surface area contributed by atoms with Crippen molar-refractivity contribution in [3.63, 3.8) is 0 Å². The Morgan fingerprint density at radius 1 is 1.10 bits per heavy atom. The Morgan fingerprint density at radius 3 is 2.55 bits per heavy atom. The second kappa shape index (κ2) is 9.70. The number of rotatable bonds is 10. The molecule has 4 heteroatoms. The predicted molar refractivity (Wildman–Crippen MR) is 78.0 cm³/mol. The maximum atomic E-state index is 13.3. The summed E-state index contributed by atoms with van der Waals surface area (Å²) in [5.74, 6) is -0.398. The van der Waals surface area contributed by atoms with Gasteiger partial charge in [-0.1, -0.05) is 26.7 Å². The molecular weight excluding hydrogens is 260 g/mol. The summed E-state index contributed by atoms with van der Waals surface area (Å²) in [6.45, 7) is 6.97. The third-order valence-electron chi connectivity index (χ3n) is 2.95. The highest BCUT2D eigenvalue weighted by molar-refractivity contribution is 5.24. The lowest BCUT2D eigenvalue weighted by Crippen LogP contribution is -2.20. The third kappa shape index (κ3) is 7.43. The summed E-state index contributed by atoms with van der Waals surface area (Å²) >= 11 is 0. The fourth-order valence-electron chi connectivity index (χ4n) is 1.87. The Hall–Kier alpha value is -1.16. The van der Waals surface area contributed by atoms with Crippen LogP contribution < -0.4 is 10.1 Å². The van der Waals surface area contributed by atoms with Crippen molar-refractivity contribution < 1.29 is 13.5 Å². The molecule has 0 aliphatic carbocycles. The molecule has 0 radical (unpaired) electrons. The average molecular weight is 285 g/mol. The molecule has 0 fully saturated rings. The van der Waals surface area contributed by atoms with Crippen molar-refractivity contribution in [3.8, 4) is 5.75 Å². The summed E-state index contributed by atoms with van der Waals surface area (Å²) in [7, 11) is 0. The summed E-state index contributed by atoms with van der Waals surface area (Å²) < 4.78 is 31.2. The smallest absolute Gasteiger partial charge is 0.167 e. The first-order valence-corrected chi connectivity index (χ1v) is 7.38. The first kappa shape index (κ1) is 16.9. The second-order valence-corrected chi connectivity index (χ2v) is 5.44. The highest BCUT2D eigenvalue weighted by atomic mass is 19.1. The zero-order valence-corrected chi connectivity index (χ0v) is 12.4. The van der Waals surface area contributed by atoms with Crippen molar-refractivity contribution >= 4 is 0 Å². The molecule has 0 unspecified atom stereocenters. The first-order valence-electron chi connectivity index (χ1n) is 7.38. The van der Waals surface area contributed by atoms with Gasteiger partial charge in [0.15, 0.2) is 11.6 Å². The minimum atomic E-state index is -0.636. The summed E-state index contributed by atoms with van der Waals surface area (Å²) in [5.41, 5.74) is 0.